The van der Waals surface area contributed by atoms with Crippen LogP contribution in [-0.4, -0.2) is 18.4 Å². The summed E-state index contributed by atoms with van der Waals surface area (Å²) in [6, 6.07) is 11.4. The van der Waals surface area contributed by atoms with Crippen molar-refractivity contribution in [2.24, 2.45) is 0 Å². The maximum atomic E-state index is 11.1. The molecule has 0 saturated carbocycles. The van der Waals surface area contributed by atoms with E-state index in [4.69, 9.17) is 0 Å². The molecule has 2 N–H and O–H groups in total. The highest BCUT2D eigenvalue weighted by molar-refractivity contribution is 5.96. The maximum Gasteiger partial charge on any atom is 0.155 e. The summed E-state index contributed by atoms with van der Waals surface area (Å²) in [5.41, 5.74) is 3.84. The van der Waals surface area contributed by atoms with Gasteiger partial charge in [0.1, 0.15) is 5.75 Å². The summed E-state index contributed by atoms with van der Waals surface area (Å²) in [5, 5.41) is 12.8. The molecule has 18 heavy (non-hydrogen) atoms. The first-order valence-electron chi connectivity index (χ1n) is 5.74. The molecule has 0 aliphatic carbocycles. The van der Waals surface area contributed by atoms with Crippen LogP contribution >= 0.6 is 0 Å². The van der Waals surface area contributed by atoms with Crippen LogP contribution in [0.1, 0.15) is 15.9 Å². The van der Waals surface area contributed by atoms with Gasteiger partial charge in [0.2, 0.25) is 0 Å². The smallest absolute Gasteiger partial charge is 0.155 e. The SMILES string of the molecule is CNc1c(C=O)c(O)cc(C)c1-c1ccccc1. The average Bonchev–Trinajstić information content (AvgIpc) is 2.38. The number of carbonyl (C=O) groups is 1. The molecule has 0 fully saturated rings. The number of nitrogens with one attached hydrogen (secondary N) is 1. The molecule has 0 atom stereocenters. The molecule has 0 aliphatic rings. The summed E-state index contributed by atoms with van der Waals surface area (Å²) < 4.78 is 0. The van der Waals surface area contributed by atoms with E-state index >= 15 is 0 Å². The van der Waals surface area contributed by atoms with E-state index in [0.717, 1.165) is 16.7 Å². The number of carbonyl (C=O) groups excluding carboxylic acids is 1. The van der Waals surface area contributed by atoms with E-state index in [1.807, 2.05) is 37.3 Å². The van der Waals surface area contributed by atoms with Crippen molar-refractivity contribution in [3.8, 4) is 16.9 Å². The molecular weight excluding hydrogens is 226 g/mol. The van der Waals surface area contributed by atoms with E-state index in [9.17, 15) is 9.90 Å². The highest BCUT2D eigenvalue weighted by atomic mass is 16.3. The van der Waals surface area contributed by atoms with Crippen LogP contribution in [0.3, 0.4) is 0 Å². The molecular formula is C15H15NO2. The van der Waals surface area contributed by atoms with Crippen molar-refractivity contribution >= 4 is 12.0 Å². The van der Waals surface area contributed by atoms with Crippen molar-refractivity contribution in [3.05, 3.63) is 47.5 Å². The van der Waals surface area contributed by atoms with Gasteiger partial charge in [0.05, 0.1) is 11.3 Å². The van der Waals surface area contributed by atoms with Crippen LogP contribution in [0.15, 0.2) is 36.4 Å². The van der Waals surface area contributed by atoms with Gasteiger partial charge in [-0.25, -0.2) is 0 Å². The summed E-state index contributed by atoms with van der Waals surface area (Å²) in [6.07, 6.45) is 0.674. The van der Waals surface area contributed by atoms with E-state index in [0.29, 0.717) is 17.5 Å². The van der Waals surface area contributed by atoms with Gasteiger partial charge in [-0.15, -0.1) is 0 Å². The topological polar surface area (TPSA) is 49.3 Å². The molecule has 0 unspecified atom stereocenters. The van der Waals surface area contributed by atoms with Crippen molar-refractivity contribution in [1.82, 2.24) is 0 Å². The Morgan fingerprint density at radius 2 is 1.89 bits per heavy atom. The van der Waals surface area contributed by atoms with Crippen molar-refractivity contribution in [1.29, 1.82) is 0 Å². The van der Waals surface area contributed by atoms with E-state index < -0.39 is 0 Å². The molecule has 0 aromatic heterocycles. The number of hydrogen-bond acceptors (Lipinski definition) is 3. The third-order valence-electron chi connectivity index (χ3n) is 2.97. The van der Waals surface area contributed by atoms with Crippen LogP contribution in [0.4, 0.5) is 5.69 Å². The zero-order valence-corrected chi connectivity index (χ0v) is 10.4. The molecule has 3 nitrogen and oxygen atoms in total. The Hall–Kier alpha value is -2.29. The minimum absolute atomic E-state index is 0.00605. The zero-order chi connectivity index (χ0) is 13.1. The predicted octanol–water partition coefficient (Wildman–Crippen LogP) is 3.22. The molecule has 0 bridgehead atoms. The second-order valence-corrected chi connectivity index (χ2v) is 4.11. The monoisotopic (exact) mass is 241 g/mol. The number of phenolic OH excluding ortho intramolecular Hbond substituents is 1. The number of benzene rings is 2. The Bertz CT molecular complexity index is 577. The number of rotatable bonds is 3. The fraction of sp³-hybridized carbons (Fsp3) is 0.133. The summed E-state index contributed by atoms with van der Waals surface area (Å²) >= 11 is 0. The fourth-order valence-electron chi connectivity index (χ4n) is 2.17. The average molecular weight is 241 g/mol. The molecule has 0 spiro atoms. The normalized spacial score (nSPS) is 10.1. The Morgan fingerprint density at radius 1 is 1.22 bits per heavy atom. The van der Waals surface area contributed by atoms with E-state index in [2.05, 4.69) is 5.32 Å². The highest BCUT2D eigenvalue weighted by Gasteiger charge is 2.15. The second kappa shape index (κ2) is 4.92. The van der Waals surface area contributed by atoms with Gasteiger partial charge in [0.25, 0.3) is 0 Å². The van der Waals surface area contributed by atoms with Gasteiger partial charge in [0.15, 0.2) is 6.29 Å². The second-order valence-electron chi connectivity index (χ2n) is 4.11. The van der Waals surface area contributed by atoms with Crippen LogP contribution in [0, 0.1) is 6.92 Å². The van der Waals surface area contributed by atoms with Crippen molar-refractivity contribution in [2.45, 2.75) is 6.92 Å². The lowest BCUT2D eigenvalue weighted by atomic mass is 9.95. The zero-order valence-electron chi connectivity index (χ0n) is 10.4. The van der Waals surface area contributed by atoms with Gasteiger partial charge in [-0.1, -0.05) is 30.3 Å². The van der Waals surface area contributed by atoms with Crippen LogP contribution in [-0.2, 0) is 0 Å². The molecule has 2 aromatic rings. The number of anilines is 1. The van der Waals surface area contributed by atoms with Crippen LogP contribution in [0.25, 0.3) is 11.1 Å². The minimum atomic E-state index is 0.00605. The summed E-state index contributed by atoms with van der Waals surface area (Å²) in [4.78, 5) is 11.1. The summed E-state index contributed by atoms with van der Waals surface area (Å²) in [7, 11) is 1.74. The number of aryl methyl sites for hydroxylation is 1. The molecule has 2 aromatic carbocycles. The highest BCUT2D eigenvalue weighted by Crippen LogP contribution is 2.37. The molecule has 2 rings (SSSR count). The van der Waals surface area contributed by atoms with Gasteiger partial charge < -0.3 is 10.4 Å². The van der Waals surface area contributed by atoms with E-state index in [1.165, 1.54) is 0 Å². The van der Waals surface area contributed by atoms with Crippen molar-refractivity contribution < 1.29 is 9.90 Å². The van der Waals surface area contributed by atoms with E-state index in [-0.39, 0.29) is 5.75 Å². The number of aromatic hydroxyl groups is 1. The quantitative estimate of drug-likeness (QED) is 0.811. The lowest BCUT2D eigenvalue weighted by Crippen LogP contribution is -2.00. The lowest BCUT2D eigenvalue weighted by Gasteiger charge is -2.16. The Balaban J connectivity index is 2.78. The number of phenols is 1. The third-order valence-corrected chi connectivity index (χ3v) is 2.97. The third kappa shape index (κ3) is 1.95. The van der Waals surface area contributed by atoms with Crippen molar-refractivity contribution in [3.63, 3.8) is 0 Å². The van der Waals surface area contributed by atoms with Gasteiger partial charge in [-0.3, -0.25) is 4.79 Å². The van der Waals surface area contributed by atoms with Crippen LogP contribution < -0.4 is 5.32 Å². The first-order valence-corrected chi connectivity index (χ1v) is 5.74. The van der Waals surface area contributed by atoms with E-state index in [1.54, 1.807) is 13.1 Å². The molecule has 0 heterocycles. The van der Waals surface area contributed by atoms with Crippen LogP contribution in [0.5, 0.6) is 5.75 Å². The molecule has 0 saturated heterocycles. The van der Waals surface area contributed by atoms with Crippen LogP contribution in [0.2, 0.25) is 0 Å². The first-order chi connectivity index (χ1) is 8.69. The lowest BCUT2D eigenvalue weighted by molar-refractivity contribution is 0.112. The molecule has 92 valence electrons. The maximum absolute atomic E-state index is 11.1. The van der Waals surface area contributed by atoms with Gasteiger partial charge in [0, 0.05) is 12.6 Å². The first kappa shape index (κ1) is 12.2. The van der Waals surface area contributed by atoms with Gasteiger partial charge in [-0.05, 0) is 24.1 Å². The number of aldehydes is 1. The standard InChI is InChI=1S/C15H15NO2/c1-10-8-13(18)12(9-17)15(16-2)14(10)11-6-4-3-5-7-11/h3-9,16,18H,1-2H3. The molecule has 0 aliphatic heterocycles. The summed E-state index contributed by atoms with van der Waals surface area (Å²) in [5.74, 6) is 0.00605. The van der Waals surface area contributed by atoms with Gasteiger partial charge in [-0.2, -0.15) is 0 Å². The minimum Gasteiger partial charge on any atom is -0.507 e. The summed E-state index contributed by atoms with van der Waals surface area (Å²) in [6.45, 7) is 1.91. The van der Waals surface area contributed by atoms with Crippen molar-refractivity contribution in [2.75, 3.05) is 12.4 Å². The predicted molar refractivity (Wildman–Crippen MR) is 73.2 cm³/mol. The van der Waals surface area contributed by atoms with Gasteiger partial charge >= 0.3 is 0 Å². The Kier molecular flexibility index (Phi) is 3.33. The molecule has 0 amide bonds. The Morgan fingerprint density at radius 3 is 2.44 bits per heavy atom. The fourth-order valence-corrected chi connectivity index (χ4v) is 2.17. The molecule has 0 radical (unpaired) electrons. The largest absolute Gasteiger partial charge is 0.507 e. The number of hydrogen-bond donors (Lipinski definition) is 2. The Labute approximate surface area is 106 Å². The molecule has 3 heteroatoms.